The smallest absolute Gasteiger partial charge is 0.251 e. The van der Waals surface area contributed by atoms with Crippen molar-refractivity contribution < 1.29 is 9.59 Å². The van der Waals surface area contributed by atoms with Crippen molar-refractivity contribution in [3.8, 4) is 0 Å². The van der Waals surface area contributed by atoms with E-state index in [2.05, 4.69) is 26.6 Å². The van der Waals surface area contributed by atoms with Crippen LogP contribution in [0.2, 0.25) is 0 Å². The molecule has 0 aliphatic rings. The molecule has 108 valence electrons. The third kappa shape index (κ3) is 4.54. The Morgan fingerprint density at radius 1 is 1.24 bits per heavy atom. The summed E-state index contributed by atoms with van der Waals surface area (Å²) in [7, 11) is 1.56. The van der Waals surface area contributed by atoms with Crippen molar-refractivity contribution >= 4 is 50.8 Å². The van der Waals surface area contributed by atoms with Crippen molar-refractivity contribution in [1.29, 1.82) is 0 Å². The molecule has 0 fully saturated rings. The zero-order valence-corrected chi connectivity index (χ0v) is 13.6. The Bertz CT molecular complexity index is 694. The zero-order valence-electron chi connectivity index (χ0n) is 11.2. The Kier molecular flexibility index (Phi) is 5.30. The van der Waals surface area contributed by atoms with Crippen LogP contribution >= 0.6 is 27.3 Å². The maximum atomic E-state index is 11.8. The Morgan fingerprint density at radius 3 is 2.71 bits per heavy atom. The largest absolute Gasteiger partial charge is 0.355 e. The number of hydrogen-bond acceptors (Lipinski definition) is 3. The minimum atomic E-state index is -0.242. The van der Waals surface area contributed by atoms with E-state index in [1.807, 2.05) is 12.1 Å². The second kappa shape index (κ2) is 7.19. The number of carbonyl (C=O) groups excluding carboxylic acids is 2. The highest BCUT2D eigenvalue weighted by atomic mass is 79.9. The van der Waals surface area contributed by atoms with E-state index in [9.17, 15) is 9.59 Å². The van der Waals surface area contributed by atoms with Gasteiger partial charge in [-0.15, -0.1) is 11.3 Å². The van der Waals surface area contributed by atoms with Gasteiger partial charge in [-0.1, -0.05) is 6.07 Å². The van der Waals surface area contributed by atoms with Crippen LogP contribution in [0.3, 0.4) is 0 Å². The molecule has 0 saturated heterocycles. The van der Waals surface area contributed by atoms with Crippen molar-refractivity contribution in [2.24, 2.45) is 0 Å². The maximum Gasteiger partial charge on any atom is 0.251 e. The van der Waals surface area contributed by atoms with Crippen LogP contribution < -0.4 is 10.6 Å². The fourth-order valence-corrected chi connectivity index (χ4v) is 2.97. The van der Waals surface area contributed by atoms with Crippen LogP contribution in [0.4, 0.5) is 5.69 Å². The van der Waals surface area contributed by atoms with Gasteiger partial charge in [0.15, 0.2) is 0 Å². The fraction of sp³-hybridized carbons (Fsp3) is 0.0667. The lowest BCUT2D eigenvalue weighted by atomic mass is 10.2. The van der Waals surface area contributed by atoms with E-state index in [0.29, 0.717) is 11.3 Å². The Morgan fingerprint density at radius 2 is 2.05 bits per heavy atom. The number of anilines is 1. The van der Waals surface area contributed by atoms with Gasteiger partial charge in [-0.25, -0.2) is 0 Å². The molecule has 1 aromatic heterocycles. The van der Waals surface area contributed by atoms with Crippen molar-refractivity contribution in [2.45, 2.75) is 0 Å². The van der Waals surface area contributed by atoms with E-state index in [4.69, 9.17) is 0 Å². The Labute approximate surface area is 135 Å². The second-order valence-corrected chi connectivity index (χ2v) is 6.62. The number of rotatable bonds is 4. The second-order valence-electron chi connectivity index (χ2n) is 4.12. The molecular formula is C15H13BrN2O2S. The summed E-state index contributed by atoms with van der Waals surface area (Å²) in [4.78, 5) is 24.3. The van der Waals surface area contributed by atoms with Gasteiger partial charge in [-0.05, 0) is 52.3 Å². The summed E-state index contributed by atoms with van der Waals surface area (Å²) < 4.78 is 1.01. The SMILES string of the molecule is CNC(=O)c1cccc(NC(=O)/C=C/c2ccc(Br)s2)c1. The van der Waals surface area contributed by atoms with E-state index in [1.54, 1.807) is 48.7 Å². The molecule has 4 nitrogen and oxygen atoms in total. The van der Waals surface area contributed by atoms with Crippen molar-refractivity contribution in [2.75, 3.05) is 12.4 Å². The predicted molar refractivity (Wildman–Crippen MR) is 89.5 cm³/mol. The Balaban J connectivity index is 2.02. The van der Waals surface area contributed by atoms with Crippen LogP contribution in [0.25, 0.3) is 6.08 Å². The first-order valence-electron chi connectivity index (χ1n) is 6.15. The van der Waals surface area contributed by atoms with Crippen molar-refractivity contribution in [3.05, 3.63) is 56.7 Å². The third-order valence-electron chi connectivity index (χ3n) is 2.61. The monoisotopic (exact) mass is 364 g/mol. The molecule has 2 N–H and O–H groups in total. The van der Waals surface area contributed by atoms with Crippen LogP contribution in [0, 0.1) is 0 Å². The first kappa shape index (κ1) is 15.5. The average molecular weight is 365 g/mol. The fourth-order valence-electron chi connectivity index (χ4n) is 1.64. The number of nitrogens with one attached hydrogen (secondary N) is 2. The quantitative estimate of drug-likeness (QED) is 0.815. The molecule has 0 saturated carbocycles. The molecule has 0 aliphatic heterocycles. The topological polar surface area (TPSA) is 58.2 Å². The highest BCUT2D eigenvalue weighted by Gasteiger charge is 2.05. The molecule has 0 unspecified atom stereocenters. The summed E-state index contributed by atoms with van der Waals surface area (Å²) in [5, 5.41) is 5.27. The summed E-state index contributed by atoms with van der Waals surface area (Å²) in [6, 6.07) is 10.6. The summed E-state index contributed by atoms with van der Waals surface area (Å²) in [6.45, 7) is 0. The first-order chi connectivity index (χ1) is 10.1. The molecule has 0 radical (unpaired) electrons. The zero-order chi connectivity index (χ0) is 15.2. The van der Waals surface area contributed by atoms with E-state index in [0.717, 1.165) is 8.66 Å². The number of carbonyl (C=O) groups is 2. The average Bonchev–Trinajstić information content (AvgIpc) is 2.90. The molecule has 0 aliphatic carbocycles. The van der Waals surface area contributed by atoms with E-state index in [1.165, 1.54) is 6.08 Å². The predicted octanol–water partition coefficient (Wildman–Crippen LogP) is 3.52. The van der Waals surface area contributed by atoms with Crippen LogP contribution in [0.15, 0.2) is 46.3 Å². The normalized spacial score (nSPS) is 10.6. The van der Waals surface area contributed by atoms with Gasteiger partial charge in [0.1, 0.15) is 0 Å². The standard InChI is InChI=1S/C15H13BrN2O2S/c1-17-15(20)10-3-2-4-11(9-10)18-14(19)8-6-12-5-7-13(16)21-12/h2-9H,1H3,(H,17,20)(H,18,19)/b8-6+. The van der Waals surface area contributed by atoms with E-state index in [-0.39, 0.29) is 11.8 Å². The van der Waals surface area contributed by atoms with E-state index < -0.39 is 0 Å². The lowest BCUT2D eigenvalue weighted by Gasteiger charge is -2.04. The molecule has 1 aromatic carbocycles. The summed E-state index contributed by atoms with van der Waals surface area (Å²) >= 11 is 4.91. The molecule has 2 amide bonds. The lowest BCUT2D eigenvalue weighted by molar-refractivity contribution is -0.111. The highest BCUT2D eigenvalue weighted by Crippen LogP contribution is 2.23. The third-order valence-corrected chi connectivity index (χ3v) is 4.20. The van der Waals surface area contributed by atoms with Crippen molar-refractivity contribution in [1.82, 2.24) is 5.32 Å². The minimum Gasteiger partial charge on any atom is -0.355 e. The lowest BCUT2D eigenvalue weighted by Crippen LogP contribution is -2.18. The van der Waals surface area contributed by atoms with Gasteiger partial charge in [0.05, 0.1) is 3.79 Å². The summed E-state index contributed by atoms with van der Waals surface area (Å²) in [5.74, 6) is -0.432. The van der Waals surface area contributed by atoms with Crippen molar-refractivity contribution in [3.63, 3.8) is 0 Å². The number of thiophene rings is 1. The van der Waals surface area contributed by atoms with E-state index >= 15 is 0 Å². The number of benzene rings is 1. The van der Waals surface area contributed by atoms with Gasteiger partial charge < -0.3 is 10.6 Å². The van der Waals surface area contributed by atoms with Crippen LogP contribution in [-0.4, -0.2) is 18.9 Å². The molecule has 2 rings (SSSR count). The molecular weight excluding hydrogens is 352 g/mol. The van der Waals surface area contributed by atoms with Crippen LogP contribution in [0.5, 0.6) is 0 Å². The van der Waals surface area contributed by atoms with Gasteiger partial charge in [-0.2, -0.15) is 0 Å². The van der Waals surface area contributed by atoms with Gasteiger partial charge in [0, 0.05) is 29.3 Å². The Hall–Kier alpha value is -1.92. The summed E-state index contributed by atoms with van der Waals surface area (Å²) in [5.41, 5.74) is 1.08. The number of hydrogen-bond donors (Lipinski definition) is 2. The van der Waals surface area contributed by atoms with Gasteiger partial charge in [-0.3, -0.25) is 9.59 Å². The van der Waals surface area contributed by atoms with Gasteiger partial charge in [0.25, 0.3) is 5.91 Å². The minimum absolute atomic E-state index is 0.190. The number of halogens is 1. The molecule has 6 heteroatoms. The molecule has 0 atom stereocenters. The maximum absolute atomic E-state index is 11.8. The summed E-state index contributed by atoms with van der Waals surface area (Å²) in [6.07, 6.45) is 3.21. The first-order valence-corrected chi connectivity index (χ1v) is 7.76. The molecule has 0 bridgehead atoms. The highest BCUT2D eigenvalue weighted by molar-refractivity contribution is 9.11. The molecule has 21 heavy (non-hydrogen) atoms. The molecule has 2 aromatic rings. The van der Waals surface area contributed by atoms with Crippen LogP contribution in [-0.2, 0) is 4.79 Å². The van der Waals surface area contributed by atoms with Crippen LogP contribution in [0.1, 0.15) is 15.2 Å². The van der Waals surface area contributed by atoms with Gasteiger partial charge >= 0.3 is 0 Å². The molecule has 1 heterocycles. The molecule has 0 spiro atoms. The number of amides is 2. The van der Waals surface area contributed by atoms with Gasteiger partial charge in [0.2, 0.25) is 5.91 Å².